The molecule has 34 heavy (non-hydrogen) atoms. The van der Waals surface area contributed by atoms with Gasteiger partial charge in [-0.05, 0) is 38.4 Å². The first kappa shape index (κ1) is 24.7. The lowest BCUT2D eigenvalue weighted by Gasteiger charge is -2.27. The van der Waals surface area contributed by atoms with Crippen LogP contribution in [0.25, 0.3) is 10.9 Å². The molecule has 0 atom stereocenters. The summed E-state index contributed by atoms with van der Waals surface area (Å²) in [6, 6.07) is 3.94. The van der Waals surface area contributed by atoms with Gasteiger partial charge in [-0.3, -0.25) is 4.90 Å². The van der Waals surface area contributed by atoms with Crippen LogP contribution < -0.4 is 25.4 Å². The molecule has 0 spiro atoms. The van der Waals surface area contributed by atoms with Crippen molar-refractivity contribution < 1.29 is 14.2 Å². The average molecular weight is 474 g/mol. The summed E-state index contributed by atoms with van der Waals surface area (Å²) in [4.78, 5) is 14.4. The summed E-state index contributed by atoms with van der Waals surface area (Å²) in [7, 11) is 3.36. The van der Waals surface area contributed by atoms with Crippen LogP contribution >= 0.6 is 0 Å². The molecule has 1 aromatic heterocycles. The van der Waals surface area contributed by atoms with Gasteiger partial charge in [-0.2, -0.15) is 4.98 Å². The highest BCUT2D eigenvalue weighted by molar-refractivity contribution is 5.92. The Morgan fingerprint density at radius 1 is 0.941 bits per heavy atom. The van der Waals surface area contributed by atoms with Crippen molar-refractivity contribution in [2.24, 2.45) is 0 Å². The number of nitrogens with zero attached hydrogens (tertiary/aromatic N) is 4. The monoisotopic (exact) mass is 473 g/mol. The van der Waals surface area contributed by atoms with Gasteiger partial charge in [0.1, 0.15) is 5.82 Å². The number of fused-ring (bicyclic) bond motifs is 1. The van der Waals surface area contributed by atoms with Crippen LogP contribution in [0.4, 0.5) is 11.8 Å². The lowest BCUT2D eigenvalue weighted by molar-refractivity contribution is 0.210. The highest BCUT2D eigenvalue weighted by atomic mass is 16.5. The van der Waals surface area contributed by atoms with Gasteiger partial charge in [0.15, 0.2) is 11.5 Å². The van der Waals surface area contributed by atoms with Crippen LogP contribution in [0, 0.1) is 0 Å². The van der Waals surface area contributed by atoms with E-state index in [9.17, 15) is 0 Å². The van der Waals surface area contributed by atoms with E-state index in [1.54, 1.807) is 14.2 Å². The molecule has 2 aliphatic rings. The molecule has 2 aliphatic heterocycles. The molecule has 188 valence electrons. The van der Waals surface area contributed by atoms with Crippen LogP contribution in [0.15, 0.2) is 12.1 Å². The Labute approximate surface area is 202 Å². The molecular weight excluding hydrogens is 434 g/mol. The number of nitrogens with one attached hydrogen (secondary N) is 3. The maximum atomic E-state index is 6.14. The predicted octanol–water partition coefficient (Wildman–Crippen LogP) is 1.84. The maximum absolute atomic E-state index is 6.14. The second kappa shape index (κ2) is 12.9. The fourth-order valence-corrected chi connectivity index (χ4v) is 4.42. The molecule has 10 nitrogen and oxygen atoms in total. The fourth-order valence-electron chi connectivity index (χ4n) is 4.42. The Balaban J connectivity index is 1.50. The largest absolute Gasteiger partial charge is 0.493 e. The summed E-state index contributed by atoms with van der Waals surface area (Å²) in [6.45, 7) is 10.1. The number of hydrogen-bond donors (Lipinski definition) is 3. The number of methoxy groups -OCH3 is 2. The molecule has 4 rings (SSSR count). The Morgan fingerprint density at radius 2 is 1.76 bits per heavy atom. The van der Waals surface area contributed by atoms with Gasteiger partial charge < -0.3 is 35.1 Å². The van der Waals surface area contributed by atoms with Crippen LogP contribution in [0.3, 0.4) is 0 Å². The number of piperazine rings is 1. The zero-order chi connectivity index (χ0) is 23.6. The minimum atomic E-state index is 0.567. The molecule has 0 radical (unpaired) electrons. The third-order valence-electron chi connectivity index (χ3n) is 6.33. The summed E-state index contributed by atoms with van der Waals surface area (Å²) >= 11 is 0. The van der Waals surface area contributed by atoms with Crippen molar-refractivity contribution in [3.8, 4) is 11.5 Å². The minimum absolute atomic E-state index is 0.567. The molecule has 0 bridgehead atoms. The normalized spacial score (nSPS) is 17.2. The van der Waals surface area contributed by atoms with E-state index in [1.165, 1.54) is 25.9 Å². The number of rotatable bonds is 13. The van der Waals surface area contributed by atoms with Gasteiger partial charge in [0.2, 0.25) is 5.95 Å². The number of likely N-dealkylation sites (tertiary alicyclic amines) is 1. The second-order valence-corrected chi connectivity index (χ2v) is 8.79. The molecule has 2 aromatic rings. The van der Waals surface area contributed by atoms with Crippen molar-refractivity contribution >= 4 is 22.7 Å². The van der Waals surface area contributed by atoms with E-state index in [-0.39, 0.29) is 0 Å². The molecular formula is C24H39N7O3. The van der Waals surface area contributed by atoms with Crippen molar-refractivity contribution in [3.05, 3.63) is 12.1 Å². The van der Waals surface area contributed by atoms with Crippen LogP contribution in [-0.4, -0.2) is 106 Å². The standard InChI is InChI=1S/C24H39N7O3/c1-32-15-8-26-24-28-20-17-22(34-14-5-11-30-9-3-4-10-30)21(33-2)16-19(20)23(29-24)27-18-31-12-6-25-7-13-31/h16-17,25H,3-15,18H2,1-2H3,(H2,26,27,28,29). The van der Waals surface area contributed by atoms with E-state index in [4.69, 9.17) is 24.2 Å². The summed E-state index contributed by atoms with van der Waals surface area (Å²) in [5.41, 5.74) is 0.813. The van der Waals surface area contributed by atoms with Gasteiger partial charge >= 0.3 is 0 Å². The zero-order valence-electron chi connectivity index (χ0n) is 20.6. The number of aromatic nitrogens is 2. The Hall–Kier alpha value is -2.40. The van der Waals surface area contributed by atoms with E-state index in [1.807, 2.05) is 12.1 Å². The van der Waals surface area contributed by atoms with Crippen LogP contribution in [0.1, 0.15) is 19.3 Å². The summed E-state index contributed by atoms with van der Waals surface area (Å²) in [6.07, 6.45) is 3.61. The van der Waals surface area contributed by atoms with E-state index in [2.05, 4.69) is 25.8 Å². The highest BCUT2D eigenvalue weighted by Gasteiger charge is 2.16. The van der Waals surface area contributed by atoms with Crippen molar-refractivity contribution in [2.75, 3.05) is 97.1 Å². The average Bonchev–Trinajstić information content (AvgIpc) is 3.39. The molecule has 10 heteroatoms. The Morgan fingerprint density at radius 3 is 2.53 bits per heavy atom. The first-order valence-electron chi connectivity index (χ1n) is 12.4. The van der Waals surface area contributed by atoms with Crippen molar-refractivity contribution in [1.82, 2.24) is 25.1 Å². The first-order chi connectivity index (χ1) is 16.8. The van der Waals surface area contributed by atoms with E-state index < -0.39 is 0 Å². The quantitative estimate of drug-likeness (QED) is 0.374. The van der Waals surface area contributed by atoms with Crippen molar-refractivity contribution in [2.45, 2.75) is 19.3 Å². The highest BCUT2D eigenvalue weighted by Crippen LogP contribution is 2.35. The smallest absolute Gasteiger partial charge is 0.225 e. The molecule has 0 unspecified atom stereocenters. The molecule has 1 aromatic carbocycles. The Bertz CT molecular complexity index is 902. The lowest BCUT2D eigenvalue weighted by Crippen LogP contribution is -2.45. The fraction of sp³-hybridized carbons (Fsp3) is 0.667. The Kier molecular flexibility index (Phi) is 9.37. The van der Waals surface area contributed by atoms with Gasteiger partial charge in [-0.25, -0.2) is 4.98 Å². The first-order valence-corrected chi connectivity index (χ1v) is 12.4. The van der Waals surface area contributed by atoms with E-state index >= 15 is 0 Å². The molecule has 0 aliphatic carbocycles. The topological polar surface area (TPSA) is 96.0 Å². The number of hydrogen-bond acceptors (Lipinski definition) is 10. The third-order valence-corrected chi connectivity index (χ3v) is 6.33. The van der Waals surface area contributed by atoms with Crippen molar-refractivity contribution in [1.29, 1.82) is 0 Å². The van der Waals surface area contributed by atoms with Gasteiger partial charge in [0.25, 0.3) is 0 Å². The zero-order valence-corrected chi connectivity index (χ0v) is 20.6. The van der Waals surface area contributed by atoms with Gasteiger partial charge in [-0.15, -0.1) is 0 Å². The summed E-state index contributed by atoms with van der Waals surface area (Å²) < 4.78 is 17.0. The van der Waals surface area contributed by atoms with E-state index in [0.29, 0.717) is 37.2 Å². The van der Waals surface area contributed by atoms with E-state index in [0.717, 1.165) is 62.5 Å². The molecule has 0 saturated carbocycles. The number of ether oxygens (including phenoxy) is 3. The van der Waals surface area contributed by atoms with Crippen molar-refractivity contribution in [3.63, 3.8) is 0 Å². The number of anilines is 2. The molecule has 3 heterocycles. The predicted molar refractivity (Wildman–Crippen MR) is 135 cm³/mol. The molecule has 2 fully saturated rings. The molecule has 3 N–H and O–H groups in total. The second-order valence-electron chi connectivity index (χ2n) is 8.79. The molecule has 2 saturated heterocycles. The van der Waals surface area contributed by atoms with Gasteiger partial charge in [0.05, 0.1) is 32.5 Å². The minimum Gasteiger partial charge on any atom is -0.493 e. The third kappa shape index (κ3) is 6.82. The summed E-state index contributed by atoms with van der Waals surface area (Å²) in [5.74, 6) is 2.76. The SMILES string of the molecule is COCCNc1nc(NCN2CCNCC2)c2cc(OC)c(OCCCN3CCCC3)cc2n1. The molecule has 0 amide bonds. The van der Waals surface area contributed by atoms with Gasteiger partial charge in [0, 0.05) is 57.8 Å². The summed E-state index contributed by atoms with van der Waals surface area (Å²) in [5, 5.41) is 11.1. The maximum Gasteiger partial charge on any atom is 0.225 e. The van der Waals surface area contributed by atoms with Crippen LogP contribution in [0.5, 0.6) is 11.5 Å². The van der Waals surface area contributed by atoms with Crippen LogP contribution in [0.2, 0.25) is 0 Å². The van der Waals surface area contributed by atoms with Crippen LogP contribution in [-0.2, 0) is 4.74 Å². The van der Waals surface area contributed by atoms with Gasteiger partial charge in [-0.1, -0.05) is 0 Å². The number of benzene rings is 1. The lowest BCUT2D eigenvalue weighted by atomic mass is 10.2.